The first-order valence-corrected chi connectivity index (χ1v) is 7.44. The summed E-state index contributed by atoms with van der Waals surface area (Å²) in [6, 6.07) is 8.48. The van der Waals surface area contributed by atoms with Gasteiger partial charge in [0, 0.05) is 0 Å². The van der Waals surface area contributed by atoms with Crippen LogP contribution in [0.1, 0.15) is 24.2 Å². The summed E-state index contributed by atoms with van der Waals surface area (Å²) in [5, 5.41) is 0. The Morgan fingerprint density at radius 3 is 2.17 bits per heavy atom. The van der Waals surface area contributed by atoms with E-state index in [4.69, 9.17) is 13.8 Å². The molecular formula is C12H17O5P. The largest absolute Gasteiger partial charge is 0.449 e. The van der Waals surface area contributed by atoms with Crippen molar-refractivity contribution >= 4 is 13.6 Å². The van der Waals surface area contributed by atoms with Crippen molar-refractivity contribution in [2.75, 3.05) is 19.6 Å². The van der Waals surface area contributed by atoms with Crippen LogP contribution in [0.25, 0.3) is 0 Å². The van der Waals surface area contributed by atoms with Crippen LogP contribution < -0.4 is 0 Å². The molecule has 0 aliphatic heterocycles. The number of benzene rings is 1. The van der Waals surface area contributed by atoms with Gasteiger partial charge in [-0.2, -0.15) is 0 Å². The highest BCUT2D eigenvalue weighted by atomic mass is 31.2. The van der Waals surface area contributed by atoms with Gasteiger partial charge in [-0.15, -0.1) is 0 Å². The van der Waals surface area contributed by atoms with Gasteiger partial charge in [0.05, 0.1) is 18.8 Å². The van der Waals surface area contributed by atoms with Crippen molar-refractivity contribution in [1.29, 1.82) is 0 Å². The predicted molar refractivity (Wildman–Crippen MR) is 67.6 cm³/mol. The third-order valence-electron chi connectivity index (χ3n) is 2.01. The molecule has 0 unspecified atom stereocenters. The van der Waals surface area contributed by atoms with Crippen molar-refractivity contribution in [3.63, 3.8) is 0 Å². The molecular weight excluding hydrogens is 255 g/mol. The summed E-state index contributed by atoms with van der Waals surface area (Å²) in [5.41, 5.74) is 0.400. The van der Waals surface area contributed by atoms with E-state index in [1.54, 1.807) is 44.2 Å². The molecule has 0 spiro atoms. The minimum absolute atomic E-state index is 0.236. The van der Waals surface area contributed by atoms with Crippen LogP contribution in [0.3, 0.4) is 0 Å². The van der Waals surface area contributed by atoms with Crippen molar-refractivity contribution in [2.45, 2.75) is 13.8 Å². The quantitative estimate of drug-likeness (QED) is 0.564. The van der Waals surface area contributed by atoms with Crippen LogP contribution in [-0.2, 0) is 18.3 Å². The van der Waals surface area contributed by atoms with Gasteiger partial charge < -0.3 is 13.8 Å². The van der Waals surface area contributed by atoms with Crippen LogP contribution >= 0.6 is 7.60 Å². The maximum Gasteiger partial charge on any atom is 0.367 e. The Morgan fingerprint density at radius 2 is 1.67 bits per heavy atom. The highest BCUT2D eigenvalue weighted by Crippen LogP contribution is 2.47. The molecule has 18 heavy (non-hydrogen) atoms. The first kappa shape index (κ1) is 14.9. The van der Waals surface area contributed by atoms with Crippen molar-refractivity contribution in [2.24, 2.45) is 0 Å². The average molecular weight is 272 g/mol. The second kappa shape index (κ2) is 7.31. The number of carbonyl (C=O) groups is 1. The molecule has 1 aromatic carbocycles. The maximum absolute atomic E-state index is 12.0. The highest BCUT2D eigenvalue weighted by molar-refractivity contribution is 7.53. The molecule has 0 N–H and O–H groups in total. The SMILES string of the molecule is CCOP(=O)(COC(=O)c1ccccc1)OCC. The minimum atomic E-state index is -3.34. The zero-order valence-corrected chi connectivity index (χ0v) is 11.4. The lowest BCUT2D eigenvalue weighted by molar-refractivity contribution is 0.0532. The molecule has 0 aliphatic carbocycles. The zero-order chi connectivity index (χ0) is 13.4. The monoisotopic (exact) mass is 272 g/mol. The van der Waals surface area contributed by atoms with E-state index in [0.29, 0.717) is 5.56 Å². The van der Waals surface area contributed by atoms with E-state index in [1.165, 1.54) is 0 Å². The third-order valence-corrected chi connectivity index (χ3v) is 3.76. The molecule has 0 atom stereocenters. The summed E-state index contributed by atoms with van der Waals surface area (Å²) in [6.07, 6.45) is -0.373. The van der Waals surface area contributed by atoms with Crippen molar-refractivity contribution < 1.29 is 23.1 Å². The summed E-state index contributed by atoms with van der Waals surface area (Å²) in [6.45, 7) is 3.87. The van der Waals surface area contributed by atoms with Crippen LogP contribution in [0.4, 0.5) is 0 Å². The second-order valence-electron chi connectivity index (χ2n) is 3.37. The predicted octanol–water partition coefficient (Wildman–Crippen LogP) is 3.07. The number of rotatable bonds is 7. The fourth-order valence-electron chi connectivity index (χ4n) is 1.30. The molecule has 5 nitrogen and oxygen atoms in total. The van der Waals surface area contributed by atoms with Crippen LogP contribution in [0.15, 0.2) is 30.3 Å². The van der Waals surface area contributed by atoms with E-state index in [2.05, 4.69) is 0 Å². The topological polar surface area (TPSA) is 61.8 Å². The first-order chi connectivity index (χ1) is 8.61. The van der Waals surface area contributed by atoms with E-state index in [1.807, 2.05) is 0 Å². The molecule has 6 heteroatoms. The molecule has 1 aromatic rings. The van der Waals surface area contributed by atoms with Gasteiger partial charge in [0.2, 0.25) is 0 Å². The Balaban J connectivity index is 2.58. The Kier molecular flexibility index (Phi) is 6.05. The molecule has 100 valence electrons. The van der Waals surface area contributed by atoms with Gasteiger partial charge >= 0.3 is 13.6 Å². The van der Waals surface area contributed by atoms with Crippen LogP contribution in [-0.4, -0.2) is 25.5 Å². The standard InChI is InChI=1S/C12H17O5P/c1-3-16-18(14,17-4-2)10-15-12(13)11-8-6-5-7-9-11/h5-9H,3-4,10H2,1-2H3. The van der Waals surface area contributed by atoms with Gasteiger partial charge in [0.25, 0.3) is 0 Å². The van der Waals surface area contributed by atoms with Gasteiger partial charge in [-0.3, -0.25) is 4.57 Å². The van der Waals surface area contributed by atoms with E-state index in [-0.39, 0.29) is 19.6 Å². The van der Waals surface area contributed by atoms with E-state index < -0.39 is 13.6 Å². The zero-order valence-electron chi connectivity index (χ0n) is 10.5. The van der Waals surface area contributed by atoms with Crippen LogP contribution in [0.2, 0.25) is 0 Å². The van der Waals surface area contributed by atoms with Gasteiger partial charge in [-0.1, -0.05) is 18.2 Å². The molecule has 0 amide bonds. The summed E-state index contributed by atoms with van der Waals surface area (Å²) < 4.78 is 27.0. The van der Waals surface area contributed by atoms with Crippen LogP contribution in [0.5, 0.6) is 0 Å². The first-order valence-electron chi connectivity index (χ1n) is 5.71. The maximum atomic E-state index is 12.0. The second-order valence-corrected chi connectivity index (χ2v) is 5.37. The lowest BCUT2D eigenvalue weighted by Gasteiger charge is -2.16. The fourth-order valence-corrected chi connectivity index (χ4v) is 2.59. The summed E-state index contributed by atoms with van der Waals surface area (Å²) >= 11 is 0. The van der Waals surface area contributed by atoms with E-state index in [9.17, 15) is 9.36 Å². The summed E-state index contributed by atoms with van der Waals surface area (Å²) in [7, 11) is -3.34. The Morgan fingerprint density at radius 1 is 1.11 bits per heavy atom. The lowest BCUT2D eigenvalue weighted by Crippen LogP contribution is -2.09. The average Bonchev–Trinajstić information content (AvgIpc) is 2.38. The molecule has 0 aromatic heterocycles. The Hall–Kier alpha value is -1.16. The van der Waals surface area contributed by atoms with Crippen molar-refractivity contribution in [3.8, 4) is 0 Å². The Bertz CT molecular complexity index is 408. The number of carbonyl (C=O) groups excluding carboxylic acids is 1. The minimum Gasteiger partial charge on any atom is -0.449 e. The van der Waals surface area contributed by atoms with Crippen molar-refractivity contribution in [1.82, 2.24) is 0 Å². The normalized spacial score (nSPS) is 11.2. The van der Waals surface area contributed by atoms with Gasteiger partial charge in [0.1, 0.15) is 0 Å². The molecule has 0 saturated heterocycles. The molecule has 0 fully saturated rings. The molecule has 0 saturated carbocycles. The van der Waals surface area contributed by atoms with E-state index >= 15 is 0 Å². The smallest absolute Gasteiger partial charge is 0.367 e. The van der Waals surface area contributed by atoms with Gasteiger partial charge in [-0.05, 0) is 26.0 Å². The fraction of sp³-hybridized carbons (Fsp3) is 0.417. The number of hydrogen-bond acceptors (Lipinski definition) is 5. The molecule has 0 bridgehead atoms. The molecule has 0 heterocycles. The molecule has 0 aliphatic rings. The van der Waals surface area contributed by atoms with E-state index in [0.717, 1.165) is 0 Å². The van der Waals surface area contributed by atoms with Crippen molar-refractivity contribution in [3.05, 3.63) is 35.9 Å². The third kappa shape index (κ3) is 4.61. The number of esters is 1. The van der Waals surface area contributed by atoms with Crippen LogP contribution in [0, 0.1) is 0 Å². The Labute approximate surface area is 107 Å². The number of ether oxygens (including phenoxy) is 1. The molecule has 1 rings (SSSR count). The lowest BCUT2D eigenvalue weighted by atomic mass is 10.2. The highest BCUT2D eigenvalue weighted by Gasteiger charge is 2.26. The van der Waals surface area contributed by atoms with Gasteiger partial charge in [0.15, 0.2) is 6.35 Å². The molecule has 0 radical (unpaired) electrons. The van der Waals surface area contributed by atoms with Gasteiger partial charge in [-0.25, -0.2) is 4.79 Å². The summed E-state index contributed by atoms with van der Waals surface area (Å²) in [4.78, 5) is 11.6. The summed E-state index contributed by atoms with van der Waals surface area (Å²) in [5.74, 6) is -0.546. The number of hydrogen-bond donors (Lipinski definition) is 0.